The largest absolute Gasteiger partial charge is 0.480 e. The van der Waals surface area contributed by atoms with Gasteiger partial charge in [-0.15, -0.1) is 0 Å². The van der Waals surface area contributed by atoms with Crippen molar-refractivity contribution in [1.29, 1.82) is 0 Å². The monoisotopic (exact) mass is 300 g/mol. The minimum absolute atomic E-state index is 0.379. The molecule has 6 nitrogen and oxygen atoms in total. The van der Waals surface area contributed by atoms with Gasteiger partial charge < -0.3 is 5.11 Å². The fraction of sp³-hybridized carbons (Fsp3) is 0.188. The maximum absolute atomic E-state index is 12.6. The standard InChI is InChI=1S/C16H16N2O4/c1-11-8-14(10-19)12(2)18(11)17(9-15(20)21)16(22)13-6-4-3-5-7-13/h3-8,10H,9H2,1-2H3,(H,20,21). The van der Waals surface area contributed by atoms with Crippen LogP contribution in [0.1, 0.15) is 32.1 Å². The minimum atomic E-state index is -1.13. The van der Waals surface area contributed by atoms with Crippen molar-refractivity contribution in [2.24, 2.45) is 0 Å². The van der Waals surface area contributed by atoms with Gasteiger partial charge >= 0.3 is 5.97 Å². The zero-order valence-electron chi connectivity index (χ0n) is 12.3. The lowest BCUT2D eigenvalue weighted by Gasteiger charge is -2.25. The van der Waals surface area contributed by atoms with Crippen molar-refractivity contribution in [3.63, 3.8) is 0 Å². The zero-order valence-corrected chi connectivity index (χ0v) is 12.3. The SMILES string of the molecule is Cc1cc(C=O)c(C)n1N(CC(=O)O)C(=O)c1ccccc1. The molecule has 2 aromatic rings. The molecule has 1 aromatic heterocycles. The summed E-state index contributed by atoms with van der Waals surface area (Å²) in [7, 11) is 0. The Balaban J connectivity index is 2.52. The van der Waals surface area contributed by atoms with Gasteiger partial charge in [0, 0.05) is 22.5 Å². The van der Waals surface area contributed by atoms with Crippen molar-refractivity contribution >= 4 is 18.2 Å². The summed E-state index contributed by atoms with van der Waals surface area (Å²) in [5, 5.41) is 10.2. The number of aryl methyl sites for hydroxylation is 1. The third-order valence-corrected chi connectivity index (χ3v) is 3.34. The van der Waals surface area contributed by atoms with E-state index in [0.29, 0.717) is 28.8 Å². The number of carboxylic acids is 1. The van der Waals surface area contributed by atoms with Crippen LogP contribution in [0, 0.1) is 13.8 Å². The van der Waals surface area contributed by atoms with Crippen LogP contribution in [0.4, 0.5) is 0 Å². The van der Waals surface area contributed by atoms with E-state index in [9.17, 15) is 14.4 Å². The second kappa shape index (κ2) is 6.26. The van der Waals surface area contributed by atoms with Crippen LogP contribution in [0.5, 0.6) is 0 Å². The molecule has 0 saturated carbocycles. The van der Waals surface area contributed by atoms with E-state index in [1.807, 2.05) is 0 Å². The molecule has 0 spiro atoms. The lowest BCUT2D eigenvalue weighted by molar-refractivity contribution is -0.135. The fourth-order valence-corrected chi connectivity index (χ4v) is 2.36. The molecule has 1 amide bonds. The summed E-state index contributed by atoms with van der Waals surface area (Å²) in [4.78, 5) is 34.8. The number of carbonyl (C=O) groups excluding carboxylic acids is 2. The van der Waals surface area contributed by atoms with Gasteiger partial charge in [0.15, 0.2) is 6.29 Å². The lowest BCUT2D eigenvalue weighted by Crippen LogP contribution is -2.45. The van der Waals surface area contributed by atoms with Crippen molar-refractivity contribution in [2.75, 3.05) is 11.6 Å². The third kappa shape index (κ3) is 2.90. The third-order valence-electron chi connectivity index (χ3n) is 3.34. The summed E-state index contributed by atoms with van der Waals surface area (Å²) in [5.74, 6) is -1.58. The molecule has 2 rings (SSSR count). The normalized spacial score (nSPS) is 10.3. The van der Waals surface area contributed by atoms with Crippen LogP contribution in [-0.4, -0.2) is 34.5 Å². The van der Waals surface area contributed by atoms with Crippen molar-refractivity contribution in [2.45, 2.75) is 13.8 Å². The molecule has 0 atom stereocenters. The Morgan fingerprint density at radius 1 is 1.23 bits per heavy atom. The van der Waals surface area contributed by atoms with Gasteiger partial charge in [0.1, 0.15) is 6.54 Å². The van der Waals surface area contributed by atoms with E-state index in [1.165, 1.54) is 4.68 Å². The number of aldehydes is 1. The number of hydrogen-bond donors (Lipinski definition) is 1. The highest BCUT2D eigenvalue weighted by Gasteiger charge is 2.24. The number of aromatic nitrogens is 1. The predicted octanol–water partition coefficient (Wildman–Crippen LogP) is 1.78. The molecule has 0 unspecified atom stereocenters. The number of benzene rings is 1. The first-order valence-corrected chi connectivity index (χ1v) is 6.68. The van der Waals surface area contributed by atoms with E-state index in [4.69, 9.17) is 5.11 Å². The molecule has 0 fully saturated rings. The number of rotatable bonds is 5. The van der Waals surface area contributed by atoms with Crippen molar-refractivity contribution < 1.29 is 19.5 Å². The van der Waals surface area contributed by atoms with Crippen molar-refractivity contribution in [1.82, 2.24) is 4.68 Å². The Morgan fingerprint density at radius 3 is 2.36 bits per heavy atom. The lowest BCUT2D eigenvalue weighted by atomic mass is 10.2. The summed E-state index contributed by atoms with van der Waals surface area (Å²) in [5.41, 5.74) is 1.95. The quantitative estimate of drug-likeness (QED) is 0.854. The van der Waals surface area contributed by atoms with Gasteiger partial charge in [0.05, 0.1) is 0 Å². The number of amides is 1. The molecule has 0 radical (unpaired) electrons. The Labute approximate surface area is 127 Å². The summed E-state index contributed by atoms with van der Waals surface area (Å²) < 4.78 is 1.47. The topological polar surface area (TPSA) is 79.6 Å². The predicted molar refractivity (Wildman–Crippen MR) is 80.8 cm³/mol. The van der Waals surface area contributed by atoms with Gasteiger partial charge in [0.2, 0.25) is 0 Å². The molecule has 0 aliphatic carbocycles. The van der Waals surface area contributed by atoms with Crippen molar-refractivity contribution in [3.05, 3.63) is 58.9 Å². The molecule has 22 heavy (non-hydrogen) atoms. The Kier molecular flexibility index (Phi) is 4.41. The first-order chi connectivity index (χ1) is 10.5. The van der Waals surface area contributed by atoms with Gasteiger partial charge in [0.25, 0.3) is 5.91 Å². The van der Waals surface area contributed by atoms with Gasteiger partial charge in [-0.25, -0.2) is 5.01 Å². The summed E-state index contributed by atoms with van der Waals surface area (Å²) >= 11 is 0. The molecule has 1 heterocycles. The number of carboxylic acid groups (broad SMARTS) is 1. The molecule has 1 aromatic carbocycles. The average molecular weight is 300 g/mol. The van der Waals surface area contributed by atoms with Gasteiger partial charge in [-0.3, -0.25) is 19.1 Å². The number of hydrogen-bond acceptors (Lipinski definition) is 3. The summed E-state index contributed by atoms with van der Waals surface area (Å²) in [6.45, 7) is 2.89. The van der Waals surface area contributed by atoms with Crippen LogP contribution >= 0.6 is 0 Å². The van der Waals surface area contributed by atoms with Crippen molar-refractivity contribution in [3.8, 4) is 0 Å². The molecule has 6 heteroatoms. The second-order valence-corrected chi connectivity index (χ2v) is 4.88. The Hall–Kier alpha value is -2.89. The van der Waals surface area contributed by atoms with Crippen LogP contribution in [-0.2, 0) is 4.79 Å². The highest BCUT2D eigenvalue weighted by Crippen LogP contribution is 2.16. The molecule has 1 N–H and O–H groups in total. The molecule has 0 saturated heterocycles. The fourth-order valence-electron chi connectivity index (χ4n) is 2.36. The van der Waals surface area contributed by atoms with E-state index in [0.717, 1.165) is 5.01 Å². The van der Waals surface area contributed by atoms with Crippen LogP contribution in [0.3, 0.4) is 0 Å². The second-order valence-electron chi connectivity index (χ2n) is 4.88. The number of aliphatic carboxylic acids is 1. The molecule has 0 aliphatic rings. The average Bonchev–Trinajstić information content (AvgIpc) is 2.79. The smallest absolute Gasteiger partial charge is 0.325 e. The summed E-state index contributed by atoms with van der Waals surface area (Å²) in [6.07, 6.45) is 0.685. The summed E-state index contributed by atoms with van der Waals surface area (Å²) in [6, 6.07) is 10.0. The molecule has 0 aliphatic heterocycles. The van der Waals surface area contributed by atoms with E-state index in [2.05, 4.69) is 0 Å². The van der Waals surface area contributed by atoms with Gasteiger partial charge in [-0.1, -0.05) is 18.2 Å². The molecular formula is C16H16N2O4. The number of carbonyl (C=O) groups is 3. The van der Waals surface area contributed by atoms with E-state index >= 15 is 0 Å². The highest BCUT2D eigenvalue weighted by molar-refractivity contribution is 6.03. The van der Waals surface area contributed by atoms with E-state index in [1.54, 1.807) is 50.2 Å². The van der Waals surface area contributed by atoms with Gasteiger partial charge in [-0.2, -0.15) is 0 Å². The maximum Gasteiger partial charge on any atom is 0.325 e. The van der Waals surface area contributed by atoms with Gasteiger partial charge in [-0.05, 0) is 32.0 Å². The minimum Gasteiger partial charge on any atom is -0.480 e. The maximum atomic E-state index is 12.6. The Morgan fingerprint density at radius 2 is 1.86 bits per heavy atom. The van der Waals surface area contributed by atoms with Crippen LogP contribution in [0.2, 0.25) is 0 Å². The highest BCUT2D eigenvalue weighted by atomic mass is 16.4. The van der Waals surface area contributed by atoms with Crippen LogP contribution < -0.4 is 5.01 Å². The first-order valence-electron chi connectivity index (χ1n) is 6.68. The van der Waals surface area contributed by atoms with Crippen LogP contribution in [0.15, 0.2) is 36.4 Å². The molecule has 0 bridgehead atoms. The first kappa shape index (κ1) is 15.5. The molecule has 114 valence electrons. The Bertz CT molecular complexity index is 719. The number of nitrogens with zero attached hydrogens (tertiary/aromatic N) is 2. The van der Waals surface area contributed by atoms with E-state index < -0.39 is 18.4 Å². The molecular weight excluding hydrogens is 284 g/mol. The van der Waals surface area contributed by atoms with E-state index in [-0.39, 0.29) is 0 Å². The van der Waals surface area contributed by atoms with Crippen LogP contribution in [0.25, 0.3) is 0 Å². The zero-order chi connectivity index (χ0) is 16.3.